The lowest BCUT2D eigenvalue weighted by Gasteiger charge is -2.13. The number of likely N-dealkylation sites (tertiary alicyclic amines) is 1. The van der Waals surface area contributed by atoms with Crippen molar-refractivity contribution in [3.8, 4) is 11.8 Å². The van der Waals surface area contributed by atoms with E-state index < -0.39 is 41.1 Å². The highest BCUT2D eigenvalue weighted by Gasteiger charge is 2.42. The number of carbonyl (C=O) groups is 6. The first-order chi connectivity index (χ1) is 34.3. The van der Waals surface area contributed by atoms with E-state index in [2.05, 4.69) is 14.7 Å². The molecular weight excluding hydrogens is 935 g/mol. The summed E-state index contributed by atoms with van der Waals surface area (Å²) in [4.78, 5) is 81.6. The van der Waals surface area contributed by atoms with Crippen LogP contribution in [0.5, 0.6) is 11.8 Å². The molecule has 0 unspecified atom stereocenters. The molecule has 2 saturated heterocycles. The number of ether oxygens (including phenoxy) is 3. The SMILES string of the molecule is C.C1CCOC1.COC(=O)c1ncn(Cc2ccccc2)c1C(=O)OC.O=C1CCC(=O)N1Cc1ccc(F)cc1.O=C1c2ncn(Cc3ccccc3)c2C(=O)c2c1c(O)n(Cc1ccc(F)cc1)c2O. The summed E-state index contributed by atoms with van der Waals surface area (Å²) in [6, 6.07) is 30.2. The molecule has 72 heavy (non-hydrogen) atoms. The van der Waals surface area contributed by atoms with E-state index in [1.807, 2.05) is 60.7 Å². The number of hydrogen-bond acceptors (Lipinski definition) is 13. The fourth-order valence-electron chi connectivity index (χ4n) is 7.79. The minimum Gasteiger partial charge on any atom is -0.494 e. The number of fused-ring (bicyclic) bond motifs is 2. The molecule has 2 N–H and O–H groups in total. The summed E-state index contributed by atoms with van der Waals surface area (Å²) in [5.41, 5.74) is 2.73. The van der Waals surface area contributed by atoms with Crippen LogP contribution in [0.15, 0.2) is 122 Å². The highest BCUT2D eigenvalue weighted by molar-refractivity contribution is 6.29. The lowest BCUT2D eigenvalue weighted by atomic mass is 9.93. The Labute approximate surface area is 412 Å². The van der Waals surface area contributed by atoms with Crippen LogP contribution in [0.4, 0.5) is 8.78 Å². The number of ketones is 2. The first kappa shape index (κ1) is 52.8. The van der Waals surface area contributed by atoms with Gasteiger partial charge in [-0.3, -0.25) is 28.6 Å². The maximum Gasteiger partial charge on any atom is 0.359 e. The molecule has 3 aliphatic rings. The van der Waals surface area contributed by atoms with Crippen LogP contribution in [0.2, 0.25) is 0 Å². The van der Waals surface area contributed by atoms with E-state index in [1.165, 1.54) is 81.0 Å². The molecule has 5 heterocycles. The summed E-state index contributed by atoms with van der Waals surface area (Å²) in [6.45, 7) is 2.93. The highest BCUT2D eigenvalue weighted by Crippen LogP contribution is 2.41. The zero-order valence-electron chi connectivity index (χ0n) is 38.6. The minimum absolute atomic E-state index is 0. The fourth-order valence-corrected chi connectivity index (χ4v) is 7.79. The van der Waals surface area contributed by atoms with Gasteiger partial charge in [0.2, 0.25) is 35.1 Å². The molecule has 0 atom stereocenters. The third-order valence-electron chi connectivity index (χ3n) is 11.4. The Morgan fingerprint density at radius 2 is 1.06 bits per heavy atom. The van der Waals surface area contributed by atoms with Gasteiger partial charge in [-0.25, -0.2) is 28.3 Å². The average molecular weight is 987 g/mol. The molecule has 3 aromatic heterocycles. The maximum absolute atomic E-state index is 13.3. The number of hydrogen-bond donors (Lipinski definition) is 2. The van der Waals surface area contributed by atoms with Crippen molar-refractivity contribution >= 4 is 35.3 Å². The van der Waals surface area contributed by atoms with E-state index in [9.17, 15) is 47.8 Å². The van der Waals surface area contributed by atoms with Crippen molar-refractivity contribution in [3.63, 3.8) is 0 Å². The van der Waals surface area contributed by atoms with E-state index in [0.717, 1.165) is 34.5 Å². The largest absolute Gasteiger partial charge is 0.494 e. The molecular formula is C53H52F2N6O11. The Kier molecular flexibility index (Phi) is 17.8. The van der Waals surface area contributed by atoms with Gasteiger partial charge in [0.15, 0.2) is 11.4 Å². The van der Waals surface area contributed by atoms with Crippen molar-refractivity contribution in [3.05, 3.63) is 190 Å². The fraction of sp³-hybridized carbons (Fsp3) is 0.245. The number of halogens is 2. The average Bonchev–Trinajstić information content (AvgIpc) is 4.26. The topological polar surface area (TPSA) is 214 Å². The van der Waals surface area contributed by atoms with Crippen molar-refractivity contribution in [2.45, 2.75) is 59.3 Å². The summed E-state index contributed by atoms with van der Waals surface area (Å²) in [6.07, 6.45) is 5.96. The molecule has 2 amide bonds. The number of imidazole rings is 2. The van der Waals surface area contributed by atoms with Crippen molar-refractivity contribution in [2.75, 3.05) is 27.4 Å². The third kappa shape index (κ3) is 12.2. The van der Waals surface area contributed by atoms with Crippen LogP contribution in [0, 0.1) is 11.6 Å². The molecule has 0 spiro atoms. The second-order valence-corrected chi connectivity index (χ2v) is 16.2. The van der Waals surface area contributed by atoms with Gasteiger partial charge < -0.3 is 33.6 Å². The summed E-state index contributed by atoms with van der Waals surface area (Å²) >= 11 is 0. The van der Waals surface area contributed by atoms with Gasteiger partial charge in [0.1, 0.15) is 34.1 Å². The first-order valence-electron chi connectivity index (χ1n) is 22.3. The highest BCUT2D eigenvalue weighted by atomic mass is 19.1. The zero-order chi connectivity index (χ0) is 50.6. The number of methoxy groups -OCH3 is 2. The van der Waals surface area contributed by atoms with Crippen LogP contribution < -0.4 is 0 Å². The van der Waals surface area contributed by atoms with Crippen LogP contribution >= 0.6 is 0 Å². The molecule has 10 rings (SSSR count). The smallest absolute Gasteiger partial charge is 0.359 e. The Hall–Kier alpha value is -8.58. The number of benzene rings is 4. The molecule has 0 radical (unpaired) electrons. The van der Waals surface area contributed by atoms with Crippen LogP contribution in [-0.4, -0.2) is 102 Å². The van der Waals surface area contributed by atoms with Gasteiger partial charge in [-0.1, -0.05) is 92.4 Å². The number of carbonyl (C=O) groups excluding carboxylic acids is 6. The van der Waals surface area contributed by atoms with Gasteiger partial charge in [0.25, 0.3) is 0 Å². The lowest BCUT2D eigenvalue weighted by molar-refractivity contribution is -0.139. The summed E-state index contributed by atoms with van der Waals surface area (Å²) in [7, 11) is 2.49. The predicted molar refractivity (Wildman–Crippen MR) is 256 cm³/mol. The predicted octanol–water partition coefficient (Wildman–Crippen LogP) is 7.52. The standard InChI is InChI=1S/C23H16FN3O4.C14H14N2O4.C11H10FNO2.C4H8O.CH4/c24-15-8-6-14(7-9-15)11-27-22(30)16-17(23(27)31)21(29)19-18(20(16)28)25-12-26(19)10-13-4-2-1-3-5-13;1-19-13(17)11-12(14(18)20-2)16(9-15-11)8-10-6-4-3-5-7-10;12-9-3-1-8(2-4-9)7-13-10(14)5-6-11(13)15;1-2-4-5-3-1;/h1-9,12,30-31H,10-11H2;3-7,9H,8H2,1-2H3;1-4H,5-7H2;1-4H2;1H4. The maximum atomic E-state index is 13.3. The van der Waals surface area contributed by atoms with Crippen LogP contribution in [0.25, 0.3) is 0 Å². The molecule has 7 aromatic rings. The Bertz CT molecular complexity index is 3010. The van der Waals surface area contributed by atoms with E-state index in [4.69, 9.17) is 9.47 Å². The molecule has 17 nitrogen and oxygen atoms in total. The van der Waals surface area contributed by atoms with Crippen molar-refractivity contribution < 1.29 is 62.0 Å². The second kappa shape index (κ2) is 24.3. The number of amides is 2. The van der Waals surface area contributed by atoms with E-state index in [-0.39, 0.29) is 72.1 Å². The van der Waals surface area contributed by atoms with E-state index >= 15 is 0 Å². The molecule has 0 saturated carbocycles. The molecule has 374 valence electrons. The van der Waals surface area contributed by atoms with Gasteiger partial charge in [-0.05, 0) is 59.4 Å². The van der Waals surface area contributed by atoms with Crippen molar-refractivity contribution in [2.24, 2.45) is 0 Å². The Morgan fingerprint density at radius 3 is 1.54 bits per heavy atom. The first-order valence-corrected chi connectivity index (χ1v) is 22.3. The van der Waals surface area contributed by atoms with Gasteiger partial charge in [0, 0.05) is 39.1 Å². The number of esters is 2. The molecule has 19 heteroatoms. The molecule has 0 bridgehead atoms. The zero-order valence-corrected chi connectivity index (χ0v) is 38.6. The van der Waals surface area contributed by atoms with Crippen molar-refractivity contribution in [1.82, 2.24) is 28.6 Å². The van der Waals surface area contributed by atoms with Gasteiger partial charge in [-0.15, -0.1) is 0 Å². The van der Waals surface area contributed by atoms with Crippen LogP contribution in [0.3, 0.4) is 0 Å². The molecule has 2 fully saturated rings. The number of aromatic nitrogens is 5. The van der Waals surface area contributed by atoms with Gasteiger partial charge >= 0.3 is 11.9 Å². The summed E-state index contributed by atoms with van der Waals surface area (Å²) < 4.78 is 44.2. The van der Waals surface area contributed by atoms with E-state index in [1.54, 1.807) is 21.3 Å². The number of nitrogens with zero attached hydrogens (tertiary/aromatic N) is 6. The number of aromatic hydroxyl groups is 2. The third-order valence-corrected chi connectivity index (χ3v) is 11.4. The van der Waals surface area contributed by atoms with Crippen molar-refractivity contribution in [1.29, 1.82) is 0 Å². The monoisotopic (exact) mass is 986 g/mol. The minimum atomic E-state index is -0.669. The molecule has 2 aliphatic heterocycles. The lowest BCUT2D eigenvalue weighted by Crippen LogP contribution is -2.28. The van der Waals surface area contributed by atoms with Crippen LogP contribution in [-0.2, 0) is 50.0 Å². The summed E-state index contributed by atoms with van der Waals surface area (Å²) in [5.74, 6) is -4.62. The molecule has 1 aliphatic carbocycles. The van der Waals surface area contributed by atoms with Gasteiger partial charge in [0.05, 0.1) is 40.0 Å². The summed E-state index contributed by atoms with van der Waals surface area (Å²) in [5, 5.41) is 21.4. The number of imide groups is 1. The van der Waals surface area contributed by atoms with Crippen LogP contribution in [0.1, 0.15) is 108 Å². The number of rotatable bonds is 10. The Morgan fingerprint density at radius 1 is 0.597 bits per heavy atom. The van der Waals surface area contributed by atoms with Gasteiger partial charge in [-0.2, -0.15) is 0 Å². The van der Waals surface area contributed by atoms with E-state index in [0.29, 0.717) is 31.5 Å². The normalized spacial score (nSPS) is 13.3. The molecule has 4 aromatic carbocycles. The quantitative estimate of drug-likeness (QED) is 0.100. The second-order valence-electron chi connectivity index (χ2n) is 16.2. The Balaban J connectivity index is 0.000000177.